The molecule has 33 heavy (non-hydrogen) atoms. The molecule has 184 valence electrons. The van der Waals surface area contributed by atoms with Gasteiger partial charge in [0.25, 0.3) is 0 Å². The second-order valence-corrected chi connectivity index (χ2v) is 10.5. The van der Waals surface area contributed by atoms with Crippen LogP contribution in [0.1, 0.15) is 61.3 Å². The lowest BCUT2D eigenvalue weighted by atomic mass is 9.40. The first-order valence-corrected chi connectivity index (χ1v) is 11.5. The predicted molar refractivity (Wildman–Crippen MR) is 119 cm³/mol. The van der Waals surface area contributed by atoms with Crippen molar-refractivity contribution in [2.75, 3.05) is 0 Å². The summed E-state index contributed by atoms with van der Waals surface area (Å²) in [6, 6.07) is 0. The summed E-state index contributed by atoms with van der Waals surface area (Å²) in [4.78, 5) is 38.4. The van der Waals surface area contributed by atoms with Crippen molar-refractivity contribution in [2.45, 2.75) is 91.3 Å². The van der Waals surface area contributed by atoms with E-state index in [1.54, 1.807) is 54.5 Å². The van der Waals surface area contributed by atoms with Crippen LogP contribution in [-0.2, 0) is 28.6 Å². The second kappa shape index (κ2) is 8.24. The minimum Gasteiger partial charge on any atom is -0.461 e. The van der Waals surface area contributed by atoms with Gasteiger partial charge in [0.05, 0.1) is 23.5 Å². The Labute approximate surface area is 195 Å². The van der Waals surface area contributed by atoms with Crippen molar-refractivity contribution in [3.05, 3.63) is 23.8 Å². The molecule has 2 aliphatic carbocycles. The van der Waals surface area contributed by atoms with Gasteiger partial charge in [-0.05, 0) is 33.6 Å². The summed E-state index contributed by atoms with van der Waals surface area (Å²) in [5.41, 5.74) is -3.58. The van der Waals surface area contributed by atoms with Crippen molar-refractivity contribution in [3.63, 3.8) is 0 Å². The van der Waals surface area contributed by atoms with Crippen LogP contribution in [0.4, 0.5) is 0 Å². The molecule has 2 N–H and O–H groups in total. The molecule has 0 radical (unpaired) electrons. The molecule has 1 aliphatic heterocycles. The Hall–Kier alpha value is -2.19. The number of aliphatic hydroxyl groups excluding tert-OH is 1. The number of fused-ring (bicyclic) bond motifs is 4. The fourth-order valence-corrected chi connectivity index (χ4v) is 5.88. The molecule has 2 bridgehead atoms. The first-order chi connectivity index (χ1) is 15.1. The molecule has 0 aromatic rings. The van der Waals surface area contributed by atoms with Crippen LogP contribution in [0.25, 0.3) is 0 Å². The highest BCUT2D eigenvalue weighted by molar-refractivity contribution is 5.91. The lowest BCUT2D eigenvalue weighted by molar-refractivity contribution is -0.332. The van der Waals surface area contributed by atoms with E-state index in [0.717, 1.165) is 0 Å². The molecule has 3 rings (SSSR count). The van der Waals surface area contributed by atoms with E-state index in [9.17, 15) is 24.6 Å². The maximum atomic E-state index is 12.8. The van der Waals surface area contributed by atoms with Crippen LogP contribution >= 0.6 is 0 Å². The standard InChI is InChI=1S/C25H36O8/c1-9-13(4)21(28)31-17-16-14(5)22(29)33-19(17)24(7)15(26)10-11-23(6,30)25(24,8)18(16)32-20(27)12(2)3/h9,12,15-19,26,30H,5,10-11H2,1-4,6-8H3/b13-9+/t15-,16+,17-,18-,19-,23-,24-,25+/m0/s1. The van der Waals surface area contributed by atoms with Crippen LogP contribution in [0.2, 0.25) is 0 Å². The molecule has 0 amide bonds. The number of aliphatic hydroxyl groups is 2. The van der Waals surface area contributed by atoms with Crippen LogP contribution in [0.5, 0.6) is 0 Å². The Kier molecular flexibility index (Phi) is 6.35. The highest BCUT2D eigenvalue weighted by Gasteiger charge is 2.77. The third-order valence-electron chi connectivity index (χ3n) is 8.58. The molecule has 0 spiro atoms. The zero-order valence-electron chi connectivity index (χ0n) is 20.5. The third-order valence-corrected chi connectivity index (χ3v) is 8.58. The second-order valence-electron chi connectivity index (χ2n) is 10.5. The SMILES string of the molecule is C=C1C(=O)O[C@H]2[C@@H](OC(=O)/C(C)=C/C)[C@@H]1[C@H](OC(=O)C(C)C)[C@@]1(C)[C@@]2(C)[C@@H](O)CC[C@]1(C)O. The van der Waals surface area contributed by atoms with E-state index in [2.05, 4.69) is 6.58 Å². The number of allylic oxidation sites excluding steroid dienone is 1. The smallest absolute Gasteiger partial charge is 0.334 e. The van der Waals surface area contributed by atoms with E-state index in [1.807, 2.05) is 0 Å². The van der Waals surface area contributed by atoms with Gasteiger partial charge in [0.1, 0.15) is 12.2 Å². The quantitative estimate of drug-likeness (QED) is 0.370. The molecule has 2 saturated carbocycles. The van der Waals surface area contributed by atoms with Gasteiger partial charge in [-0.2, -0.15) is 0 Å². The van der Waals surface area contributed by atoms with Crippen molar-refractivity contribution in [1.29, 1.82) is 0 Å². The van der Waals surface area contributed by atoms with Crippen molar-refractivity contribution in [2.24, 2.45) is 22.7 Å². The molecular formula is C25H36O8. The maximum absolute atomic E-state index is 12.8. The number of rotatable bonds is 4. The van der Waals surface area contributed by atoms with Gasteiger partial charge >= 0.3 is 17.9 Å². The fraction of sp³-hybridized carbons (Fsp3) is 0.720. The monoisotopic (exact) mass is 464 g/mol. The molecule has 3 fully saturated rings. The molecule has 1 heterocycles. The Balaban J connectivity index is 2.27. The molecule has 1 saturated heterocycles. The number of hydrogen-bond donors (Lipinski definition) is 2. The predicted octanol–water partition coefficient (Wildman–Crippen LogP) is 2.46. The van der Waals surface area contributed by atoms with Crippen LogP contribution in [0.3, 0.4) is 0 Å². The molecular weight excluding hydrogens is 428 g/mol. The van der Waals surface area contributed by atoms with E-state index in [-0.39, 0.29) is 18.4 Å². The third kappa shape index (κ3) is 3.44. The van der Waals surface area contributed by atoms with Gasteiger partial charge in [0.15, 0.2) is 6.10 Å². The number of carbonyl (C=O) groups excluding carboxylic acids is 3. The number of hydrogen-bond acceptors (Lipinski definition) is 8. The molecule has 8 heteroatoms. The lowest BCUT2D eigenvalue weighted by Crippen LogP contribution is -2.80. The molecule has 0 unspecified atom stereocenters. The van der Waals surface area contributed by atoms with E-state index < -0.39 is 70.6 Å². The van der Waals surface area contributed by atoms with Gasteiger partial charge in [0, 0.05) is 22.0 Å². The molecule has 0 aromatic carbocycles. The van der Waals surface area contributed by atoms with Crippen molar-refractivity contribution < 1.29 is 38.8 Å². The van der Waals surface area contributed by atoms with Gasteiger partial charge in [-0.1, -0.05) is 40.3 Å². The van der Waals surface area contributed by atoms with Gasteiger partial charge in [-0.15, -0.1) is 0 Å². The molecule has 3 aliphatic rings. The highest BCUT2D eigenvalue weighted by Crippen LogP contribution is 2.67. The maximum Gasteiger partial charge on any atom is 0.334 e. The van der Waals surface area contributed by atoms with Gasteiger partial charge in [0.2, 0.25) is 0 Å². The lowest BCUT2D eigenvalue weighted by Gasteiger charge is -2.69. The summed E-state index contributed by atoms with van der Waals surface area (Å²) in [7, 11) is 0. The minimum atomic E-state index is -1.39. The average Bonchev–Trinajstić information content (AvgIpc) is 2.74. The Morgan fingerprint density at radius 2 is 1.85 bits per heavy atom. The van der Waals surface area contributed by atoms with Crippen LogP contribution in [0.15, 0.2) is 23.8 Å². The van der Waals surface area contributed by atoms with Gasteiger partial charge in [-0.25, -0.2) is 9.59 Å². The molecule has 8 atom stereocenters. The van der Waals surface area contributed by atoms with Crippen molar-refractivity contribution in [1.82, 2.24) is 0 Å². The largest absolute Gasteiger partial charge is 0.461 e. The summed E-state index contributed by atoms with van der Waals surface area (Å²) >= 11 is 0. The Morgan fingerprint density at radius 1 is 1.24 bits per heavy atom. The molecule has 0 aromatic heterocycles. The van der Waals surface area contributed by atoms with E-state index >= 15 is 0 Å². The van der Waals surface area contributed by atoms with Crippen molar-refractivity contribution in [3.8, 4) is 0 Å². The molecule has 8 nitrogen and oxygen atoms in total. The zero-order chi connectivity index (χ0) is 25.1. The minimum absolute atomic E-state index is 0.00266. The normalized spacial score (nSPS) is 43.0. The Bertz CT molecular complexity index is 902. The van der Waals surface area contributed by atoms with Gasteiger partial charge in [-0.3, -0.25) is 4.79 Å². The summed E-state index contributed by atoms with van der Waals surface area (Å²) < 4.78 is 17.6. The van der Waals surface area contributed by atoms with Crippen LogP contribution in [-0.4, -0.2) is 58.1 Å². The summed E-state index contributed by atoms with van der Waals surface area (Å²) in [5.74, 6) is -3.26. The Morgan fingerprint density at radius 3 is 2.39 bits per heavy atom. The first kappa shape index (κ1) is 25.4. The summed E-state index contributed by atoms with van der Waals surface area (Å²) in [6.45, 7) is 15.6. The number of esters is 3. The van der Waals surface area contributed by atoms with E-state index in [1.165, 1.54) is 0 Å². The van der Waals surface area contributed by atoms with Gasteiger partial charge < -0.3 is 24.4 Å². The summed E-state index contributed by atoms with van der Waals surface area (Å²) in [6.07, 6.45) is -2.15. The number of carbonyl (C=O) groups is 3. The first-order valence-electron chi connectivity index (χ1n) is 11.5. The fourth-order valence-electron chi connectivity index (χ4n) is 5.88. The van der Waals surface area contributed by atoms with E-state index in [0.29, 0.717) is 5.57 Å². The van der Waals surface area contributed by atoms with Crippen molar-refractivity contribution >= 4 is 17.9 Å². The van der Waals surface area contributed by atoms with Crippen LogP contribution < -0.4 is 0 Å². The average molecular weight is 465 g/mol. The van der Waals surface area contributed by atoms with E-state index in [4.69, 9.17) is 14.2 Å². The van der Waals surface area contributed by atoms with Crippen LogP contribution in [0, 0.1) is 22.7 Å². The topological polar surface area (TPSA) is 119 Å². The number of ether oxygens (including phenoxy) is 3. The summed E-state index contributed by atoms with van der Waals surface area (Å²) in [5, 5.41) is 22.9. The highest BCUT2D eigenvalue weighted by atomic mass is 16.6. The zero-order valence-corrected chi connectivity index (χ0v) is 20.5.